The van der Waals surface area contributed by atoms with Gasteiger partial charge in [0.2, 0.25) is 5.91 Å². The molecule has 0 unspecified atom stereocenters. The zero-order valence-electron chi connectivity index (χ0n) is 12.0. The van der Waals surface area contributed by atoms with Gasteiger partial charge in [-0.15, -0.1) is 0 Å². The number of nitrogens with one attached hydrogen (secondary N) is 1. The second kappa shape index (κ2) is 7.26. The summed E-state index contributed by atoms with van der Waals surface area (Å²) in [4.78, 5) is 11.8. The van der Waals surface area contributed by atoms with Crippen molar-refractivity contribution in [3.8, 4) is 0 Å². The van der Waals surface area contributed by atoms with Gasteiger partial charge in [-0.3, -0.25) is 4.79 Å². The molecule has 106 valence electrons. The average Bonchev–Trinajstić information content (AvgIpc) is 2.38. The molecule has 1 amide bonds. The smallest absolute Gasteiger partial charge is 0.226 e. The highest BCUT2D eigenvalue weighted by atomic mass is 16.5. The number of hydrogen-bond acceptors (Lipinski definition) is 3. The summed E-state index contributed by atoms with van der Waals surface area (Å²) in [5.41, 5.74) is 7.17. The summed E-state index contributed by atoms with van der Waals surface area (Å²) in [6.07, 6.45) is 1.28. The number of ether oxygens (including phenoxy) is 1. The van der Waals surface area contributed by atoms with Gasteiger partial charge in [0, 0.05) is 12.2 Å². The predicted molar refractivity (Wildman–Crippen MR) is 77.9 cm³/mol. The fraction of sp³-hybridized carbons (Fsp3) is 0.533. The molecule has 0 atom stereocenters. The van der Waals surface area contributed by atoms with Gasteiger partial charge in [0.25, 0.3) is 0 Å². The highest BCUT2D eigenvalue weighted by Gasteiger charge is 2.15. The van der Waals surface area contributed by atoms with Gasteiger partial charge in [-0.2, -0.15) is 0 Å². The predicted octanol–water partition coefficient (Wildman–Crippen LogP) is 2.68. The Morgan fingerprint density at radius 3 is 2.79 bits per heavy atom. The lowest BCUT2D eigenvalue weighted by molar-refractivity contribution is -0.118. The summed E-state index contributed by atoms with van der Waals surface area (Å²) in [6.45, 7) is 7.02. The van der Waals surface area contributed by atoms with Gasteiger partial charge in [0.05, 0.1) is 18.6 Å². The lowest BCUT2D eigenvalue weighted by Crippen LogP contribution is -2.25. The Labute approximate surface area is 115 Å². The zero-order valence-corrected chi connectivity index (χ0v) is 12.0. The van der Waals surface area contributed by atoms with E-state index in [4.69, 9.17) is 10.5 Å². The Balaban J connectivity index is 2.39. The third-order valence-electron chi connectivity index (χ3n) is 3.12. The second-order valence-corrected chi connectivity index (χ2v) is 5.16. The van der Waals surface area contributed by atoms with Gasteiger partial charge >= 0.3 is 0 Å². The van der Waals surface area contributed by atoms with Gasteiger partial charge in [0.15, 0.2) is 0 Å². The molecule has 3 N–H and O–H groups in total. The molecule has 0 aliphatic rings. The minimum atomic E-state index is -0.167. The van der Waals surface area contributed by atoms with E-state index in [2.05, 4.69) is 12.2 Å². The zero-order chi connectivity index (χ0) is 14.3. The van der Waals surface area contributed by atoms with Crippen molar-refractivity contribution in [3.05, 3.63) is 29.8 Å². The maximum atomic E-state index is 11.8. The second-order valence-electron chi connectivity index (χ2n) is 5.16. The van der Waals surface area contributed by atoms with Crippen LogP contribution in [-0.4, -0.2) is 18.1 Å². The molecule has 19 heavy (non-hydrogen) atoms. The first-order valence-electron chi connectivity index (χ1n) is 6.69. The first kappa shape index (κ1) is 15.7. The lowest BCUT2D eigenvalue weighted by atomic mass is 10.1. The van der Waals surface area contributed by atoms with Crippen LogP contribution in [0.3, 0.4) is 0 Å². The molecule has 0 fully saturated rings. The van der Waals surface area contributed by atoms with E-state index in [-0.39, 0.29) is 11.5 Å². The minimum Gasteiger partial charge on any atom is -0.375 e. The molecule has 0 radical (unpaired) electrons. The van der Waals surface area contributed by atoms with Crippen LogP contribution in [0.1, 0.15) is 39.2 Å². The monoisotopic (exact) mass is 264 g/mol. The molecule has 1 rings (SSSR count). The minimum absolute atomic E-state index is 0.0407. The molecule has 0 saturated heterocycles. The molecular formula is C15H24N2O2. The summed E-state index contributed by atoms with van der Waals surface area (Å²) in [5.74, 6) is -0.0407. The van der Waals surface area contributed by atoms with Gasteiger partial charge in [0.1, 0.15) is 0 Å². The third kappa shape index (κ3) is 5.85. The molecule has 0 spiro atoms. The summed E-state index contributed by atoms with van der Waals surface area (Å²) in [6, 6.07) is 7.56. The molecule has 1 aromatic carbocycles. The van der Waals surface area contributed by atoms with E-state index in [0.717, 1.165) is 17.7 Å². The van der Waals surface area contributed by atoms with Gasteiger partial charge in [-0.1, -0.05) is 19.1 Å². The third-order valence-corrected chi connectivity index (χ3v) is 3.12. The number of amides is 1. The molecule has 0 aromatic heterocycles. The molecule has 0 saturated carbocycles. The Morgan fingerprint density at radius 2 is 2.16 bits per heavy atom. The van der Waals surface area contributed by atoms with E-state index in [1.165, 1.54) is 0 Å². The molecule has 4 heteroatoms. The van der Waals surface area contributed by atoms with Crippen LogP contribution in [-0.2, 0) is 16.1 Å². The van der Waals surface area contributed by atoms with E-state index in [9.17, 15) is 4.79 Å². The van der Waals surface area contributed by atoms with Crippen LogP contribution in [0, 0.1) is 0 Å². The van der Waals surface area contributed by atoms with Crippen molar-refractivity contribution in [2.75, 3.05) is 11.9 Å². The highest BCUT2D eigenvalue weighted by molar-refractivity contribution is 5.90. The fourth-order valence-electron chi connectivity index (χ4n) is 1.52. The van der Waals surface area contributed by atoms with Crippen molar-refractivity contribution < 1.29 is 9.53 Å². The molecule has 0 bridgehead atoms. The lowest BCUT2D eigenvalue weighted by Gasteiger charge is -2.23. The normalized spacial score (nSPS) is 11.4. The highest BCUT2D eigenvalue weighted by Crippen LogP contribution is 2.14. The Hall–Kier alpha value is -1.39. The first-order valence-corrected chi connectivity index (χ1v) is 6.69. The van der Waals surface area contributed by atoms with Crippen molar-refractivity contribution in [3.63, 3.8) is 0 Å². The summed E-state index contributed by atoms with van der Waals surface area (Å²) in [7, 11) is 0. The van der Waals surface area contributed by atoms with E-state index < -0.39 is 0 Å². The van der Waals surface area contributed by atoms with Crippen LogP contribution >= 0.6 is 0 Å². The topological polar surface area (TPSA) is 64.3 Å². The Bertz CT molecular complexity index is 416. The molecule has 0 aliphatic heterocycles. The summed E-state index contributed by atoms with van der Waals surface area (Å²) < 4.78 is 5.65. The van der Waals surface area contributed by atoms with E-state index in [1.807, 2.05) is 38.1 Å². The van der Waals surface area contributed by atoms with Crippen LogP contribution in [0.15, 0.2) is 24.3 Å². The number of carbonyl (C=O) groups is 1. The number of rotatable bonds is 7. The number of nitrogens with two attached hydrogens (primary N) is 1. The van der Waals surface area contributed by atoms with Crippen LogP contribution in [0.4, 0.5) is 5.69 Å². The van der Waals surface area contributed by atoms with Crippen molar-refractivity contribution in [1.82, 2.24) is 0 Å². The van der Waals surface area contributed by atoms with Crippen molar-refractivity contribution in [1.29, 1.82) is 0 Å². The van der Waals surface area contributed by atoms with Crippen molar-refractivity contribution in [2.45, 2.75) is 45.8 Å². The molecule has 1 aromatic rings. The van der Waals surface area contributed by atoms with Crippen LogP contribution in [0.2, 0.25) is 0 Å². The maximum Gasteiger partial charge on any atom is 0.226 e. The Kier molecular flexibility index (Phi) is 5.99. The number of hydrogen-bond donors (Lipinski definition) is 2. The quantitative estimate of drug-likeness (QED) is 0.795. The molecule has 0 heterocycles. The molecule has 0 aliphatic carbocycles. The maximum absolute atomic E-state index is 11.8. The first-order chi connectivity index (χ1) is 8.96. The van der Waals surface area contributed by atoms with E-state index in [0.29, 0.717) is 19.6 Å². The van der Waals surface area contributed by atoms with E-state index >= 15 is 0 Å². The van der Waals surface area contributed by atoms with Gasteiger partial charge in [-0.25, -0.2) is 0 Å². The molecule has 4 nitrogen and oxygen atoms in total. The Morgan fingerprint density at radius 1 is 1.42 bits per heavy atom. The van der Waals surface area contributed by atoms with Gasteiger partial charge in [-0.05, 0) is 38.0 Å². The SMILES string of the molecule is CCC(C)(C)OCCC(=O)Nc1cccc(CN)c1. The van der Waals surface area contributed by atoms with Crippen molar-refractivity contribution in [2.24, 2.45) is 5.73 Å². The van der Waals surface area contributed by atoms with Crippen LogP contribution in [0.5, 0.6) is 0 Å². The number of carbonyl (C=O) groups excluding carboxylic acids is 1. The van der Waals surface area contributed by atoms with E-state index in [1.54, 1.807) is 0 Å². The summed E-state index contributed by atoms with van der Waals surface area (Å²) >= 11 is 0. The molecular weight excluding hydrogens is 240 g/mol. The average molecular weight is 264 g/mol. The van der Waals surface area contributed by atoms with Crippen molar-refractivity contribution >= 4 is 11.6 Å². The van der Waals surface area contributed by atoms with Gasteiger partial charge < -0.3 is 15.8 Å². The van der Waals surface area contributed by atoms with Crippen LogP contribution < -0.4 is 11.1 Å². The van der Waals surface area contributed by atoms with Crippen LogP contribution in [0.25, 0.3) is 0 Å². The fourth-order valence-corrected chi connectivity index (χ4v) is 1.52. The summed E-state index contributed by atoms with van der Waals surface area (Å²) in [5, 5.41) is 2.85. The number of anilines is 1. The standard InChI is InChI=1S/C15H24N2O2/c1-4-15(2,3)19-9-8-14(18)17-13-7-5-6-12(10-13)11-16/h5-7,10H,4,8-9,11,16H2,1-3H3,(H,17,18). The number of benzene rings is 1. The largest absolute Gasteiger partial charge is 0.375 e.